The minimum atomic E-state index is 0.442. The highest BCUT2D eigenvalue weighted by Crippen LogP contribution is 2.24. The summed E-state index contributed by atoms with van der Waals surface area (Å²) in [6.45, 7) is 0.442. The van der Waals surface area contributed by atoms with E-state index in [4.69, 9.17) is 5.73 Å². The van der Waals surface area contributed by atoms with Gasteiger partial charge in [-0.25, -0.2) is 0 Å². The Morgan fingerprint density at radius 1 is 1.40 bits per heavy atom. The molecule has 0 fully saturated rings. The van der Waals surface area contributed by atoms with Gasteiger partial charge in [0, 0.05) is 6.54 Å². The second-order valence-electron chi connectivity index (χ2n) is 2.90. The van der Waals surface area contributed by atoms with Gasteiger partial charge in [-0.15, -0.1) is 21.5 Å². The van der Waals surface area contributed by atoms with Crippen LogP contribution in [0.4, 0.5) is 0 Å². The molecule has 0 saturated carbocycles. The van der Waals surface area contributed by atoms with Crippen LogP contribution in [0.2, 0.25) is 0 Å². The first-order chi connectivity index (χ1) is 7.38. The number of nitrogens with zero attached hydrogens (tertiary/aromatic N) is 4. The molecule has 0 aromatic carbocycles. The van der Waals surface area contributed by atoms with Gasteiger partial charge in [0.05, 0.1) is 4.88 Å². The molecule has 0 radical (unpaired) electrons. The smallest absolute Gasteiger partial charge is 0.235 e. The zero-order valence-electron chi connectivity index (χ0n) is 7.62. The van der Waals surface area contributed by atoms with E-state index in [9.17, 15) is 0 Å². The van der Waals surface area contributed by atoms with Crippen molar-refractivity contribution in [3.63, 3.8) is 0 Å². The van der Waals surface area contributed by atoms with Gasteiger partial charge in [-0.3, -0.25) is 0 Å². The van der Waals surface area contributed by atoms with Crippen LogP contribution in [0.15, 0.2) is 17.5 Å². The second kappa shape index (κ2) is 3.37. The van der Waals surface area contributed by atoms with Gasteiger partial charge in [-0.1, -0.05) is 17.4 Å². The summed E-state index contributed by atoms with van der Waals surface area (Å²) in [5.74, 6) is 0.788. The number of hydrogen-bond acceptors (Lipinski definition) is 6. The molecule has 0 unspecified atom stereocenters. The van der Waals surface area contributed by atoms with Crippen molar-refractivity contribution in [3.8, 4) is 10.7 Å². The van der Waals surface area contributed by atoms with Gasteiger partial charge in [0.25, 0.3) is 0 Å². The maximum Gasteiger partial charge on any atom is 0.235 e. The molecule has 0 spiro atoms. The topological polar surface area (TPSA) is 69.1 Å². The van der Waals surface area contributed by atoms with Gasteiger partial charge in [-0.2, -0.15) is 9.61 Å². The number of rotatable bonds is 2. The van der Waals surface area contributed by atoms with Gasteiger partial charge in [-0.05, 0) is 11.4 Å². The third-order valence-electron chi connectivity index (χ3n) is 1.95. The summed E-state index contributed by atoms with van der Waals surface area (Å²) in [7, 11) is 0. The number of aromatic nitrogens is 4. The van der Waals surface area contributed by atoms with Crippen LogP contribution in [0, 0.1) is 0 Å². The van der Waals surface area contributed by atoms with E-state index in [0.717, 1.165) is 20.7 Å². The van der Waals surface area contributed by atoms with Crippen molar-refractivity contribution in [2.75, 3.05) is 0 Å². The third-order valence-corrected chi connectivity index (χ3v) is 3.74. The summed E-state index contributed by atoms with van der Waals surface area (Å²) in [5, 5.41) is 15.4. The van der Waals surface area contributed by atoms with E-state index in [2.05, 4.69) is 15.3 Å². The third kappa shape index (κ3) is 1.36. The fourth-order valence-corrected chi connectivity index (χ4v) is 2.70. The maximum absolute atomic E-state index is 5.53. The Kier molecular flexibility index (Phi) is 2.01. The number of fused-ring (bicyclic) bond motifs is 1. The van der Waals surface area contributed by atoms with Gasteiger partial charge in [0.2, 0.25) is 4.96 Å². The molecule has 0 saturated heterocycles. The Hall–Kier alpha value is -1.31. The average molecular weight is 237 g/mol. The van der Waals surface area contributed by atoms with Crippen molar-refractivity contribution in [2.45, 2.75) is 6.54 Å². The van der Waals surface area contributed by atoms with E-state index >= 15 is 0 Å². The SMILES string of the molecule is NCc1nn2c(-c3cccs3)nnc2s1. The highest BCUT2D eigenvalue weighted by molar-refractivity contribution is 7.16. The molecule has 0 amide bonds. The van der Waals surface area contributed by atoms with Gasteiger partial charge >= 0.3 is 0 Å². The molecule has 0 aliphatic rings. The zero-order chi connectivity index (χ0) is 10.3. The zero-order valence-corrected chi connectivity index (χ0v) is 9.25. The van der Waals surface area contributed by atoms with Crippen molar-refractivity contribution >= 4 is 27.6 Å². The fourth-order valence-electron chi connectivity index (χ4n) is 1.30. The van der Waals surface area contributed by atoms with Crippen LogP contribution in [0.5, 0.6) is 0 Å². The molecule has 3 rings (SSSR count). The van der Waals surface area contributed by atoms with E-state index < -0.39 is 0 Å². The molecule has 0 aliphatic carbocycles. The lowest BCUT2D eigenvalue weighted by Crippen LogP contribution is -1.97. The molecule has 0 atom stereocenters. The Morgan fingerprint density at radius 2 is 2.33 bits per heavy atom. The fraction of sp³-hybridized carbons (Fsp3) is 0.125. The monoisotopic (exact) mass is 237 g/mol. The molecule has 2 N–H and O–H groups in total. The summed E-state index contributed by atoms with van der Waals surface area (Å²) >= 11 is 3.10. The van der Waals surface area contributed by atoms with Crippen LogP contribution in [-0.4, -0.2) is 19.8 Å². The molecular formula is C8H7N5S2. The van der Waals surface area contributed by atoms with E-state index in [1.54, 1.807) is 15.9 Å². The predicted octanol–water partition coefficient (Wildman–Crippen LogP) is 1.37. The first-order valence-corrected chi connectivity index (χ1v) is 6.03. The van der Waals surface area contributed by atoms with Crippen LogP contribution >= 0.6 is 22.7 Å². The van der Waals surface area contributed by atoms with E-state index in [1.165, 1.54) is 11.3 Å². The first kappa shape index (κ1) is 8.96. The minimum Gasteiger partial charge on any atom is -0.324 e. The van der Waals surface area contributed by atoms with E-state index in [0.29, 0.717) is 6.54 Å². The standard InChI is InChI=1S/C8H7N5S2/c9-4-6-12-13-7(5-2-1-3-14-5)10-11-8(13)15-6/h1-3H,4,9H2. The molecule has 3 aromatic heterocycles. The van der Waals surface area contributed by atoms with Crippen molar-refractivity contribution in [1.29, 1.82) is 0 Å². The molecule has 7 heteroatoms. The maximum atomic E-state index is 5.53. The number of hydrogen-bond donors (Lipinski definition) is 1. The second-order valence-corrected chi connectivity index (χ2v) is 4.88. The Labute approximate surface area is 93.2 Å². The summed E-state index contributed by atoms with van der Waals surface area (Å²) in [6, 6.07) is 3.99. The van der Waals surface area contributed by atoms with Gasteiger partial charge in [0.15, 0.2) is 5.82 Å². The minimum absolute atomic E-state index is 0.442. The van der Waals surface area contributed by atoms with Crippen molar-refractivity contribution in [3.05, 3.63) is 22.5 Å². The van der Waals surface area contributed by atoms with Crippen LogP contribution in [0.3, 0.4) is 0 Å². The summed E-state index contributed by atoms with van der Waals surface area (Å²) < 4.78 is 1.75. The normalized spacial score (nSPS) is 11.3. The molecule has 3 heterocycles. The van der Waals surface area contributed by atoms with Gasteiger partial charge in [0.1, 0.15) is 5.01 Å². The lowest BCUT2D eigenvalue weighted by Gasteiger charge is -1.89. The largest absolute Gasteiger partial charge is 0.324 e. The highest BCUT2D eigenvalue weighted by Gasteiger charge is 2.12. The van der Waals surface area contributed by atoms with Crippen LogP contribution in [0.1, 0.15) is 5.01 Å². The Balaban J connectivity index is 2.23. The summed E-state index contributed by atoms with van der Waals surface area (Å²) in [6.07, 6.45) is 0. The Morgan fingerprint density at radius 3 is 3.07 bits per heavy atom. The summed E-state index contributed by atoms with van der Waals surface area (Å²) in [5.41, 5.74) is 5.53. The average Bonchev–Trinajstić information content (AvgIpc) is 2.92. The molecule has 15 heavy (non-hydrogen) atoms. The molecule has 5 nitrogen and oxygen atoms in total. The molecule has 0 aliphatic heterocycles. The lowest BCUT2D eigenvalue weighted by atomic mass is 10.4. The number of nitrogens with two attached hydrogens (primary N) is 1. The first-order valence-electron chi connectivity index (χ1n) is 4.33. The molecule has 3 aromatic rings. The quantitative estimate of drug-likeness (QED) is 0.731. The highest BCUT2D eigenvalue weighted by atomic mass is 32.1. The molecule has 76 valence electrons. The van der Waals surface area contributed by atoms with Crippen LogP contribution in [-0.2, 0) is 6.54 Å². The van der Waals surface area contributed by atoms with E-state index in [-0.39, 0.29) is 0 Å². The predicted molar refractivity (Wildman–Crippen MR) is 59.9 cm³/mol. The van der Waals surface area contributed by atoms with Crippen molar-refractivity contribution < 1.29 is 0 Å². The molecule has 0 bridgehead atoms. The molecular weight excluding hydrogens is 230 g/mol. The van der Waals surface area contributed by atoms with Crippen molar-refractivity contribution in [1.82, 2.24) is 19.8 Å². The van der Waals surface area contributed by atoms with Crippen molar-refractivity contribution in [2.24, 2.45) is 5.73 Å². The lowest BCUT2D eigenvalue weighted by molar-refractivity contribution is 0.896. The van der Waals surface area contributed by atoms with Crippen LogP contribution in [0.25, 0.3) is 15.7 Å². The van der Waals surface area contributed by atoms with Crippen LogP contribution < -0.4 is 5.73 Å². The van der Waals surface area contributed by atoms with Gasteiger partial charge < -0.3 is 5.73 Å². The Bertz CT molecular complexity index is 579. The number of thiophene rings is 1. The van der Waals surface area contributed by atoms with E-state index in [1.807, 2.05) is 17.5 Å². The summed E-state index contributed by atoms with van der Waals surface area (Å²) in [4.78, 5) is 1.86.